The van der Waals surface area contributed by atoms with E-state index in [9.17, 15) is 13.2 Å². The lowest BCUT2D eigenvalue weighted by atomic mass is 10.1. The van der Waals surface area contributed by atoms with E-state index >= 15 is 0 Å². The van der Waals surface area contributed by atoms with Gasteiger partial charge < -0.3 is 14.8 Å². The molecule has 9 heteroatoms. The summed E-state index contributed by atoms with van der Waals surface area (Å²) in [4.78, 5) is 13.0. The first-order valence-electron chi connectivity index (χ1n) is 8.44. The van der Waals surface area contributed by atoms with Crippen LogP contribution in [0.15, 0.2) is 30.3 Å². The number of sulfonamides is 1. The molecule has 0 radical (unpaired) electrons. The number of rotatable bonds is 7. The second-order valence-electron chi connectivity index (χ2n) is 6.02. The van der Waals surface area contributed by atoms with Crippen molar-refractivity contribution in [2.24, 2.45) is 0 Å². The molecule has 2 rings (SSSR count). The molecular formula is C19H23ClN2O5S. The smallest absolute Gasteiger partial charge is 0.257 e. The fourth-order valence-electron chi connectivity index (χ4n) is 2.77. The van der Waals surface area contributed by atoms with Gasteiger partial charge in [0.15, 0.2) is 11.5 Å². The normalized spacial score (nSPS) is 11.1. The number of methoxy groups -OCH3 is 2. The molecule has 0 aromatic heterocycles. The van der Waals surface area contributed by atoms with E-state index in [-0.39, 0.29) is 17.8 Å². The topological polar surface area (TPSA) is 84.9 Å². The molecule has 0 heterocycles. The summed E-state index contributed by atoms with van der Waals surface area (Å²) < 4.78 is 36.2. The van der Waals surface area contributed by atoms with E-state index in [1.54, 1.807) is 32.0 Å². The molecule has 0 unspecified atom stereocenters. The lowest BCUT2D eigenvalue weighted by Gasteiger charge is -2.24. The lowest BCUT2D eigenvalue weighted by Crippen LogP contribution is -2.31. The predicted molar refractivity (Wildman–Crippen MR) is 112 cm³/mol. The third kappa shape index (κ3) is 4.51. The number of hydrogen-bond acceptors (Lipinski definition) is 5. The summed E-state index contributed by atoms with van der Waals surface area (Å²) in [7, 11) is -0.744. The Morgan fingerprint density at radius 3 is 2.32 bits per heavy atom. The van der Waals surface area contributed by atoms with E-state index in [4.69, 9.17) is 21.1 Å². The maximum atomic E-state index is 13.0. The maximum absolute atomic E-state index is 13.0. The minimum atomic E-state index is -3.62. The summed E-state index contributed by atoms with van der Waals surface area (Å²) in [5.41, 5.74) is 1.56. The Morgan fingerprint density at radius 1 is 1.18 bits per heavy atom. The van der Waals surface area contributed by atoms with Gasteiger partial charge in [0.25, 0.3) is 5.91 Å². The van der Waals surface area contributed by atoms with Crippen LogP contribution in [0.1, 0.15) is 22.8 Å². The fourth-order valence-corrected chi connectivity index (χ4v) is 3.92. The zero-order chi connectivity index (χ0) is 21.1. The quantitative estimate of drug-likeness (QED) is 0.729. The molecule has 0 saturated carbocycles. The van der Waals surface area contributed by atoms with E-state index in [0.717, 1.165) is 10.6 Å². The number of carbonyl (C=O) groups excluding carboxylic acids is 1. The summed E-state index contributed by atoms with van der Waals surface area (Å²) in [6.07, 6.45) is 1.08. The van der Waals surface area contributed by atoms with Gasteiger partial charge in [0, 0.05) is 23.3 Å². The number of ether oxygens (including phenoxy) is 2. The fraction of sp³-hybridized carbons (Fsp3) is 0.316. The standard InChI is InChI=1S/C19H23ClN2O5S/c1-6-22(28(5,24)25)16-11-18(27-4)17(26-3)10-13(16)19(23)21-15-9-7-8-14(20)12(15)2/h7-11H,6H2,1-5H3,(H,21,23). The molecular weight excluding hydrogens is 404 g/mol. The van der Waals surface area contributed by atoms with Crippen molar-refractivity contribution in [3.05, 3.63) is 46.5 Å². The van der Waals surface area contributed by atoms with Crippen molar-refractivity contribution in [2.75, 3.05) is 36.6 Å². The van der Waals surface area contributed by atoms with Crippen molar-refractivity contribution in [2.45, 2.75) is 13.8 Å². The number of amides is 1. The number of benzene rings is 2. The van der Waals surface area contributed by atoms with Crippen LogP contribution in [0.4, 0.5) is 11.4 Å². The van der Waals surface area contributed by atoms with Gasteiger partial charge in [-0.1, -0.05) is 17.7 Å². The molecule has 0 spiro atoms. The van der Waals surface area contributed by atoms with Crippen molar-refractivity contribution < 1.29 is 22.7 Å². The van der Waals surface area contributed by atoms with Crippen LogP contribution in [0.3, 0.4) is 0 Å². The van der Waals surface area contributed by atoms with Gasteiger partial charge >= 0.3 is 0 Å². The first kappa shape index (κ1) is 21.8. The summed E-state index contributed by atoms with van der Waals surface area (Å²) >= 11 is 6.12. The van der Waals surface area contributed by atoms with Crippen molar-refractivity contribution in [3.8, 4) is 11.5 Å². The highest BCUT2D eigenvalue weighted by Gasteiger charge is 2.25. The minimum absolute atomic E-state index is 0.129. The van der Waals surface area contributed by atoms with Crippen molar-refractivity contribution in [1.82, 2.24) is 0 Å². The molecule has 1 amide bonds. The Bertz CT molecular complexity index is 992. The van der Waals surface area contributed by atoms with Crippen LogP contribution in [0, 0.1) is 6.92 Å². The predicted octanol–water partition coefficient (Wildman–Crippen LogP) is 3.70. The molecule has 0 fully saturated rings. The van der Waals surface area contributed by atoms with Crippen LogP contribution in [0.25, 0.3) is 0 Å². The Labute approximate surface area is 170 Å². The molecule has 0 aliphatic rings. The monoisotopic (exact) mass is 426 g/mol. The van der Waals surface area contributed by atoms with Gasteiger partial charge in [-0.3, -0.25) is 9.10 Å². The SMILES string of the molecule is CCN(c1cc(OC)c(OC)cc1C(=O)Nc1cccc(Cl)c1C)S(C)(=O)=O. The van der Waals surface area contributed by atoms with Gasteiger partial charge in [-0.05, 0) is 37.6 Å². The molecule has 0 aliphatic heterocycles. The third-order valence-electron chi connectivity index (χ3n) is 4.22. The number of anilines is 2. The van der Waals surface area contributed by atoms with E-state index in [1.807, 2.05) is 0 Å². The summed E-state index contributed by atoms with van der Waals surface area (Å²) in [5.74, 6) is 0.127. The molecule has 0 aliphatic carbocycles. The van der Waals surface area contributed by atoms with Crippen LogP contribution in [-0.2, 0) is 10.0 Å². The number of halogens is 1. The zero-order valence-electron chi connectivity index (χ0n) is 16.4. The highest BCUT2D eigenvalue weighted by Crippen LogP contribution is 2.36. The van der Waals surface area contributed by atoms with Gasteiger partial charge in [-0.2, -0.15) is 0 Å². The molecule has 0 bridgehead atoms. The molecule has 2 aromatic rings. The summed E-state index contributed by atoms with van der Waals surface area (Å²) in [6.45, 7) is 3.60. The van der Waals surface area contributed by atoms with E-state index < -0.39 is 15.9 Å². The Balaban J connectivity index is 2.63. The largest absolute Gasteiger partial charge is 0.493 e. The number of nitrogens with zero attached hydrogens (tertiary/aromatic N) is 1. The van der Waals surface area contributed by atoms with Crippen LogP contribution in [-0.4, -0.2) is 41.3 Å². The lowest BCUT2D eigenvalue weighted by molar-refractivity contribution is 0.102. The van der Waals surface area contributed by atoms with Gasteiger partial charge in [-0.25, -0.2) is 8.42 Å². The van der Waals surface area contributed by atoms with E-state index in [1.165, 1.54) is 26.4 Å². The van der Waals surface area contributed by atoms with E-state index in [2.05, 4.69) is 5.32 Å². The summed E-state index contributed by atoms with van der Waals surface area (Å²) in [5, 5.41) is 3.30. The average molecular weight is 427 g/mol. The molecule has 2 aromatic carbocycles. The third-order valence-corrected chi connectivity index (χ3v) is 5.88. The van der Waals surface area contributed by atoms with Gasteiger partial charge in [0.1, 0.15) is 0 Å². The first-order chi connectivity index (χ1) is 13.1. The van der Waals surface area contributed by atoms with Gasteiger partial charge in [0.05, 0.1) is 31.7 Å². The molecule has 1 N–H and O–H groups in total. The summed E-state index contributed by atoms with van der Waals surface area (Å²) in [6, 6.07) is 8.08. The molecule has 7 nitrogen and oxygen atoms in total. The van der Waals surface area contributed by atoms with Crippen molar-refractivity contribution in [3.63, 3.8) is 0 Å². The average Bonchev–Trinajstić information content (AvgIpc) is 2.64. The van der Waals surface area contributed by atoms with Crippen molar-refractivity contribution >= 4 is 38.9 Å². The minimum Gasteiger partial charge on any atom is -0.493 e. The number of carbonyl (C=O) groups is 1. The van der Waals surface area contributed by atoms with Crippen LogP contribution in [0.2, 0.25) is 5.02 Å². The highest BCUT2D eigenvalue weighted by atomic mass is 35.5. The highest BCUT2D eigenvalue weighted by molar-refractivity contribution is 7.92. The van der Waals surface area contributed by atoms with Crippen LogP contribution < -0.4 is 19.1 Å². The Hall–Kier alpha value is -2.45. The Morgan fingerprint density at radius 2 is 1.79 bits per heavy atom. The zero-order valence-corrected chi connectivity index (χ0v) is 17.9. The molecule has 0 saturated heterocycles. The van der Waals surface area contributed by atoms with Crippen LogP contribution >= 0.6 is 11.6 Å². The number of hydrogen-bond donors (Lipinski definition) is 1. The first-order valence-corrected chi connectivity index (χ1v) is 10.7. The van der Waals surface area contributed by atoms with Gasteiger partial charge in [-0.15, -0.1) is 0 Å². The second kappa shape index (κ2) is 8.70. The number of nitrogens with one attached hydrogen (secondary N) is 1. The molecule has 152 valence electrons. The van der Waals surface area contributed by atoms with Crippen molar-refractivity contribution in [1.29, 1.82) is 0 Å². The molecule has 0 atom stereocenters. The maximum Gasteiger partial charge on any atom is 0.257 e. The van der Waals surface area contributed by atoms with Gasteiger partial charge in [0.2, 0.25) is 10.0 Å². The van der Waals surface area contributed by atoms with Crippen LogP contribution in [0.5, 0.6) is 11.5 Å². The molecule has 28 heavy (non-hydrogen) atoms. The van der Waals surface area contributed by atoms with E-state index in [0.29, 0.717) is 27.8 Å². The second-order valence-corrected chi connectivity index (χ2v) is 8.33. The Kier molecular flexibility index (Phi) is 6.79.